The molecule has 0 fully saturated rings. The molecule has 0 unspecified atom stereocenters. The summed E-state index contributed by atoms with van der Waals surface area (Å²) in [6.07, 6.45) is 10.0. The molecule has 128 valence electrons. The minimum absolute atomic E-state index is 0.426. The number of pyridine rings is 1. The Morgan fingerprint density at radius 1 is 1.24 bits per heavy atom. The summed E-state index contributed by atoms with van der Waals surface area (Å²) in [5.41, 5.74) is 1.40. The quantitative estimate of drug-likeness (QED) is 0.590. The predicted molar refractivity (Wildman–Crippen MR) is 102 cm³/mol. The SMILES string of the molecule is C=C/C=C\C(=N/C=C)c1nc(Nc2ccncc2)nc(N(C)CC)n1. The monoisotopic (exact) mass is 335 g/mol. The summed E-state index contributed by atoms with van der Waals surface area (Å²) in [4.78, 5) is 23.6. The van der Waals surface area contributed by atoms with Crippen molar-refractivity contribution in [2.24, 2.45) is 4.99 Å². The second-order valence-electron chi connectivity index (χ2n) is 4.95. The van der Waals surface area contributed by atoms with E-state index in [9.17, 15) is 0 Å². The lowest BCUT2D eigenvalue weighted by atomic mass is 10.3. The highest BCUT2D eigenvalue weighted by molar-refractivity contribution is 6.06. The van der Waals surface area contributed by atoms with Crippen LogP contribution in [0.15, 0.2) is 67.1 Å². The van der Waals surface area contributed by atoms with Gasteiger partial charge in [0.15, 0.2) is 5.82 Å². The first kappa shape index (κ1) is 18.0. The summed E-state index contributed by atoms with van der Waals surface area (Å²) < 4.78 is 0. The van der Waals surface area contributed by atoms with Crippen LogP contribution >= 0.6 is 0 Å². The van der Waals surface area contributed by atoms with E-state index in [0.29, 0.717) is 23.4 Å². The number of anilines is 3. The molecule has 0 amide bonds. The van der Waals surface area contributed by atoms with Gasteiger partial charge < -0.3 is 10.2 Å². The molecular formula is C18H21N7. The van der Waals surface area contributed by atoms with E-state index in [1.165, 1.54) is 6.20 Å². The van der Waals surface area contributed by atoms with Crippen LogP contribution in [0, 0.1) is 0 Å². The molecule has 2 aromatic heterocycles. The zero-order chi connectivity index (χ0) is 18.1. The largest absolute Gasteiger partial charge is 0.344 e. The Bertz CT molecular complexity index is 781. The molecule has 0 radical (unpaired) electrons. The van der Waals surface area contributed by atoms with Gasteiger partial charge in [0.05, 0.1) is 0 Å². The Hall–Kier alpha value is -3.35. The van der Waals surface area contributed by atoms with Crippen LogP contribution in [0.5, 0.6) is 0 Å². The van der Waals surface area contributed by atoms with Crippen LogP contribution in [0.4, 0.5) is 17.6 Å². The van der Waals surface area contributed by atoms with Gasteiger partial charge in [-0.3, -0.25) is 9.98 Å². The molecule has 2 rings (SSSR count). The molecule has 0 saturated heterocycles. The minimum Gasteiger partial charge on any atom is -0.344 e. The average molecular weight is 335 g/mol. The minimum atomic E-state index is 0.426. The van der Waals surface area contributed by atoms with Gasteiger partial charge in [-0.15, -0.1) is 0 Å². The molecule has 2 aromatic rings. The molecule has 0 aromatic carbocycles. The Morgan fingerprint density at radius 2 is 2.00 bits per heavy atom. The first-order valence-electron chi connectivity index (χ1n) is 7.80. The highest BCUT2D eigenvalue weighted by Gasteiger charge is 2.12. The van der Waals surface area contributed by atoms with Gasteiger partial charge in [-0.25, -0.2) is 0 Å². The maximum absolute atomic E-state index is 4.50. The third-order valence-corrected chi connectivity index (χ3v) is 3.23. The number of allylic oxidation sites excluding steroid dienone is 3. The van der Waals surface area contributed by atoms with Crippen molar-refractivity contribution in [3.05, 3.63) is 67.9 Å². The highest BCUT2D eigenvalue weighted by atomic mass is 15.3. The van der Waals surface area contributed by atoms with E-state index in [1.807, 2.05) is 31.0 Å². The molecule has 0 bridgehead atoms. The number of aromatic nitrogens is 4. The summed E-state index contributed by atoms with van der Waals surface area (Å²) in [6.45, 7) is 10.1. The number of aliphatic imine (C=N–C) groups is 1. The summed E-state index contributed by atoms with van der Waals surface area (Å²) in [5.74, 6) is 1.42. The third-order valence-electron chi connectivity index (χ3n) is 3.23. The van der Waals surface area contributed by atoms with Gasteiger partial charge in [-0.2, -0.15) is 15.0 Å². The van der Waals surface area contributed by atoms with Gasteiger partial charge in [-0.1, -0.05) is 25.3 Å². The molecule has 7 heteroatoms. The standard InChI is InChI=1S/C18H21N7/c1-5-8-9-15(20-6-2)16-22-17(21-14-10-12-19-13-11-14)24-18(23-16)25(4)7-3/h5-6,8-13H,1-2,7H2,3-4H3,(H,19,21,22,23,24)/b9-8-,20-15+. The van der Waals surface area contributed by atoms with Crippen molar-refractivity contribution in [3.63, 3.8) is 0 Å². The third kappa shape index (κ3) is 5.07. The number of nitrogens with one attached hydrogen (secondary N) is 1. The van der Waals surface area contributed by atoms with E-state index in [-0.39, 0.29) is 0 Å². The van der Waals surface area contributed by atoms with Crippen molar-refractivity contribution >= 4 is 23.3 Å². The van der Waals surface area contributed by atoms with Crippen molar-refractivity contribution in [1.82, 2.24) is 19.9 Å². The second-order valence-corrected chi connectivity index (χ2v) is 4.95. The van der Waals surface area contributed by atoms with Gasteiger partial charge in [0.1, 0.15) is 5.71 Å². The Morgan fingerprint density at radius 3 is 2.64 bits per heavy atom. The van der Waals surface area contributed by atoms with Crippen molar-refractivity contribution in [2.45, 2.75) is 6.92 Å². The summed E-state index contributed by atoms with van der Waals surface area (Å²) in [7, 11) is 1.92. The number of rotatable bonds is 8. The van der Waals surface area contributed by atoms with Gasteiger partial charge in [0.25, 0.3) is 0 Å². The van der Waals surface area contributed by atoms with Crippen molar-refractivity contribution in [3.8, 4) is 0 Å². The highest BCUT2D eigenvalue weighted by Crippen LogP contribution is 2.15. The topological polar surface area (TPSA) is 79.2 Å². The maximum atomic E-state index is 4.50. The van der Waals surface area contributed by atoms with Crippen LogP contribution in [0.2, 0.25) is 0 Å². The summed E-state index contributed by atoms with van der Waals surface area (Å²) in [6, 6.07) is 3.67. The molecule has 0 aliphatic heterocycles. The molecule has 1 N–H and O–H groups in total. The first-order valence-corrected chi connectivity index (χ1v) is 7.80. The molecule has 25 heavy (non-hydrogen) atoms. The van der Waals surface area contributed by atoms with Gasteiger partial charge >= 0.3 is 0 Å². The van der Waals surface area contributed by atoms with Crippen molar-refractivity contribution in [2.75, 3.05) is 23.8 Å². The molecule has 0 aliphatic rings. The summed E-state index contributed by atoms with van der Waals surface area (Å²) >= 11 is 0. The van der Waals surface area contributed by atoms with Crippen LogP contribution in [0.3, 0.4) is 0 Å². The fourth-order valence-electron chi connectivity index (χ4n) is 1.84. The van der Waals surface area contributed by atoms with Crippen LogP contribution in [-0.4, -0.2) is 39.2 Å². The van der Waals surface area contributed by atoms with Gasteiger partial charge in [-0.05, 0) is 25.1 Å². The lowest BCUT2D eigenvalue weighted by Crippen LogP contribution is -2.21. The summed E-state index contributed by atoms with van der Waals surface area (Å²) in [5, 5.41) is 3.16. The van der Waals surface area contributed by atoms with E-state index in [0.717, 1.165) is 12.2 Å². The fraction of sp³-hybridized carbons (Fsp3) is 0.167. The molecule has 0 saturated carbocycles. The fourth-order valence-corrected chi connectivity index (χ4v) is 1.84. The maximum Gasteiger partial charge on any atom is 0.232 e. The number of hydrogen-bond acceptors (Lipinski definition) is 7. The van der Waals surface area contributed by atoms with E-state index in [1.54, 1.807) is 30.6 Å². The van der Waals surface area contributed by atoms with E-state index < -0.39 is 0 Å². The number of hydrogen-bond donors (Lipinski definition) is 1. The molecule has 2 heterocycles. The van der Waals surface area contributed by atoms with Crippen LogP contribution in [0.1, 0.15) is 12.7 Å². The average Bonchev–Trinajstić information content (AvgIpc) is 2.65. The lowest BCUT2D eigenvalue weighted by molar-refractivity contribution is 0.881. The van der Waals surface area contributed by atoms with Gasteiger partial charge in [0, 0.05) is 37.9 Å². The van der Waals surface area contributed by atoms with Crippen molar-refractivity contribution < 1.29 is 0 Å². The normalized spacial score (nSPS) is 11.4. The number of nitrogens with zero attached hydrogens (tertiary/aromatic N) is 6. The smallest absolute Gasteiger partial charge is 0.232 e. The lowest BCUT2D eigenvalue weighted by Gasteiger charge is -2.16. The zero-order valence-corrected chi connectivity index (χ0v) is 14.4. The Balaban J connectivity index is 2.49. The molecule has 7 nitrogen and oxygen atoms in total. The molecular weight excluding hydrogens is 314 g/mol. The van der Waals surface area contributed by atoms with Crippen LogP contribution < -0.4 is 10.2 Å². The van der Waals surface area contributed by atoms with E-state index >= 15 is 0 Å². The molecule has 0 atom stereocenters. The van der Waals surface area contributed by atoms with E-state index in [4.69, 9.17) is 0 Å². The second kappa shape index (κ2) is 9.07. The van der Waals surface area contributed by atoms with E-state index in [2.05, 4.69) is 43.4 Å². The Labute approximate surface area is 147 Å². The zero-order valence-electron chi connectivity index (χ0n) is 14.4. The van der Waals surface area contributed by atoms with Crippen molar-refractivity contribution in [1.29, 1.82) is 0 Å². The first-order chi connectivity index (χ1) is 12.2. The van der Waals surface area contributed by atoms with Crippen LogP contribution in [0.25, 0.3) is 0 Å². The predicted octanol–water partition coefficient (Wildman–Crippen LogP) is 3.14. The van der Waals surface area contributed by atoms with Crippen LogP contribution in [-0.2, 0) is 0 Å². The molecule has 0 spiro atoms. The Kier molecular flexibility index (Phi) is 6.53. The van der Waals surface area contributed by atoms with Gasteiger partial charge in [0.2, 0.25) is 11.9 Å². The molecule has 0 aliphatic carbocycles.